The third kappa shape index (κ3) is 3.04. The minimum Gasteiger partial charge on any atom is -0.287 e. The van der Waals surface area contributed by atoms with Gasteiger partial charge in [-0.2, -0.15) is 0 Å². The molecule has 0 aliphatic carbocycles. The number of hydrogen-bond donors (Lipinski definition) is 1. The lowest BCUT2D eigenvalue weighted by Gasteiger charge is -2.16. The van der Waals surface area contributed by atoms with Gasteiger partial charge >= 0.3 is 5.69 Å². The maximum atomic E-state index is 12.3. The number of hydrogen-bond acceptors (Lipinski definition) is 3. The highest BCUT2D eigenvalue weighted by Crippen LogP contribution is 2.22. The fourth-order valence-corrected chi connectivity index (χ4v) is 3.65. The van der Waals surface area contributed by atoms with Crippen LogP contribution in [0.4, 0.5) is 0 Å². The molecular formula is C19H20N2O2S. The summed E-state index contributed by atoms with van der Waals surface area (Å²) in [5.41, 5.74) is 2.04. The van der Waals surface area contributed by atoms with Gasteiger partial charge in [0.2, 0.25) is 0 Å². The zero-order valence-corrected chi connectivity index (χ0v) is 14.7. The highest BCUT2D eigenvalue weighted by atomic mass is 32.2. The van der Waals surface area contributed by atoms with E-state index in [0.29, 0.717) is 24.3 Å². The Morgan fingerprint density at radius 3 is 2.58 bits per heavy atom. The first-order chi connectivity index (χ1) is 11.7. The fourth-order valence-electron chi connectivity index (χ4n) is 3.12. The molecule has 0 saturated heterocycles. The van der Waals surface area contributed by atoms with Crippen molar-refractivity contribution in [2.45, 2.75) is 25.6 Å². The van der Waals surface area contributed by atoms with E-state index in [2.05, 4.69) is 29.2 Å². The van der Waals surface area contributed by atoms with E-state index < -0.39 is 0 Å². The third-order valence-corrected chi connectivity index (χ3v) is 4.78. The number of H-pyrrole nitrogens is 1. The van der Waals surface area contributed by atoms with Gasteiger partial charge in [0, 0.05) is 17.7 Å². The van der Waals surface area contributed by atoms with Gasteiger partial charge in [0.25, 0.3) is 5.56 Å². The van der Waals surface area contributed by atoms with Crippen molar-refractivity contribution in [2.75, 3.05) is 6.26 Å². The van der Waals surface area contributed by atoms with E-state index in [1.807, 2.05) is 31.4 Å². The lowest BCUT2D eigenvalue weighted by Crippen LogP contribution is -2.35. The molecule has 0 aliphatic heterocycles. The number of nitrogens with one attached hydrogen (secondary N) is 1. The number of benzene rings is 2. The Kier molecular flexibility index (Phi) is 4.90. The zero-order valence-electron chi connectivity index (χ0n) is 13.8. The average molecular weight is 340 g/mol. The van der Waals surface area contributed by atoms with Crippen molar-refractivity contribution < 1.29 is 0 Å². The number of fused-ring (bicyclic) bond motifs is 1. The Hall–Kier alpha value is -2.27. The number of thioether (sulfide) groups is 1. The molecule has 0 fully saturated rings. The van der Waals surface area contributed by atoms with Gasteiger partial charge in [0.05, 0.1) is 5.88 Å². The number of rotatable bonds is 5. The Morgan fingerprint density at radius 2 is 1.83 bits per heavy atom. The predicted octanol–water partition coefficient (Wildman–Crippen LogP) is 3.16. The van der Waals surface area contributed by atoms with Crippen LogP contribution in [0.3, 0.4) is 0 Å². The molecule has 0 amide bonds. The smallest absolute Gasteiger partial charge is 0.287 e. The van der Waals surface area contributed by atoms with Crippen LogP contribution in [0.15, 0.2) is 52.1 Å². The second-order valence-electron chi connectivity index (χ2n) is 5.70. The Morgan fingerprint density at radius 1 is 1.08 bits per heavy atom. The summed E-state index contributed by atoms with van der Waals surface area (Å²) in [5.74, 6) is 0.530. The maximum Gasteiger partial charge on any atom is 0.329 e. The molecule has 0 aliphatic rings. The van der Waals surface area contributed by atoms with Crippen LogP contribution in [0.5, 0.6) is 0 Å². The van der Waals surface area contributed by atoms with Gasteiger partial charge in [-0.05, 0) is 29.0 Å². The van der Waals surface area contributed by atoms with Crippen LogP contribution in [-0.2, 0) is 18.7 Å². The highest BCUT2D eigenvalue weighted by molar-refractivity contribution is 7.97. The molecule has 2 aromatic carbocycles. The van der Waals surface area contributed by atoms with Crippen molar-refractivity contribution >= 4 is 22.5 Å². The van der Waals surface area contributed by atoms with E-state index in [-0.39, 0.29) is 11.2 Å². The van der Waals surface area contributed by atoms with Crippen molar-refractivity contribution in [1.82, 2.24) is 9.55 Å². The molecule has 1 N–H and O–H groups in total. The molecule has 124 valence electrons. The lowest BCUT2D eigenvalue weighted by atomic mass is 9.98. The first-order valence-electron chi connectivity index (χ1n) is 7.96. The van der Waals surface area contributed by atoms with Gasteiger partial charge in [-0.15, -0.1) is 11.8 Å². The molecule has 0 radical (unpaired) electrons. The summed E-state index contributed by atoms with van der Waals surface area (Å²) in [6, 6.07) is 14.4. The SMILES string of the molecule is CCc1c(Cc2cccc3ccccc23)n(CSC)c(=O)[nH]c1=O. The van der Waals surface area contributed by atoms with E-state index in [0.717, 1.165) is 22.0 Å². The molecule has 0 unspecified atom stereocenters. The van der Waals surface area contributed by atoms with Crippen LogP contribution in [-0.4, -0.2) is 15.8 Å². The topological polar surface area (TPSA) is 54.9 Å². The summed E-state index contributed by atoms with van der Waals surface area (Å²) in [7, 11) is 0. The first kappa shape index (κ1) is 16.6. The van der Waals surface area contributed by atoms with Crippen LogP contribution in [0.2, 0.25) is 0 Å². The van der Waals surface area contributed by atoms with Gasteiger partial charge in [-0.1, -0.05) is 49.4 Å². The largest absolute Gasteiger partial charge is 0.329 e. The molecule has 0 spiro atoms. The van der Waals surface area contributed by atoms with Crippen molar-refractivity contribution in [3.63, 3.8) is 0 Å². The van der Waals surface area contributed by atoms with E-state index in [9.17, 15) is 9.59 Å². The molecule has 3 aromatic rings. The summed E-state index contributed by atoms with van der Waals surface area (Å²) in [6.07, 6.45) is 3.12. The molecular weight excluding hydrogens is 320 g/mol. The normalized spacial score (nSPS) is 11.1. The monoisotopic (exact) mass is 340 g/mol. The summed E-state index contributed by atoms with van der Waals surface area (Å²) in [5, 5.41) is 2.32. The Balaban J connectivity index is 2.21. The maximum absolute atomic E-state index is 12.3. The molecule has 0 saturated carbocycles. The van der Waals surface area contributed by atoms with Crippen molar-refractivity contribution in [3.8, 4) is 0 Å². The molecule has 24 heavy (non-hydrogen) atoms. The Bertz CT molecular complexity index is 983. The Labute approximate surface area is 144 Å². The summed E-state index contributed by atoms with van der Waals surface area (Å²) < 4.78 is 1.69. The molecule has 0 bridgehead atoms. The van der Waals surface area contributed by atoms with E-state index >= 15 is 0 Å². The van der Waals surface area contributed by atoms with Crippen LogP contribution < -0.4 is 11.2 Å². The second-order valence-corrected chi connectivity index (χ2v) is 6.53. The van der Waals surface area contributed by atoms with Crippen LogP contribution >= 0.6 is 11.8 Å². The number of aromatic nitrogens is 2. The fraction of sp³-hybridized carbons (Fsp3) is 0.263. The van der Waals surface area contributed by atoms with Crippen molar-refractivity contribution in [2.24, 2.45) is 0 Å². The molecule has 4 nitrogen and oxygen atoms in total. The zero-order chi connectivity index (χ0) is 17.1. The second kappa shape index (κ2) is 7.09. The minimum atomic E-state index is -0.332. The third-order valence-electron chi connectivity index (χ3n) is 4.26. The number of aromatic amines is 1. The van der Waals surface area contributed by atoms with E-state index in [4.69, 9.17) is 0 Å². The standard InChI is InChI=1S/C19H20N2O2S/c1-3-15-17(21(12-24-2)19(23)20-18(15)22)11-14-9-6-8-13-7-4-5-10-16(13)14/h4-10H,3,11-12H2,1-2H3,(H,20,22,23). The lowest BCUT2D eigenvalue weighted by molar-refractivity contribution is 0.713. The molecule has 0 atom stereocenters. The van der Waals surface area contributed by atoms with Crippen LogP contribution in [0, 0.1) is 0 Å². The van der Waals surface area contributed by atoms with E-state index in [1.54, 1.807) is 16.3 Å². The highest BCUT2D eigenvalue weighted by Gasteiger charge is 2.15. The molecule has 5 heteroatoms. The quantitative estimate of drug-likeness (QED) is 0.776. The van der Waals surface area contributed by atoms with Crippen LogP contribution in [0.1, 0.15) is 23.7 Å². The van der Waals surface area contributed by atoms with Gasteiger partial charge in [-0.3, -0.25) is 14.3 Å². The first-order valence-corrected chi connectivity index (χ1v) is 9.35. The van der Waals surface area contributed by atoms with Gasteiger partial charge in [0.1, 0.15) is 0 Å². The average Bonchev–Trinajstić information content (AvgIpc) is 2.59. The predicted molar refractivity (Wildman–Crippen MR) is 101 cm³/mol. The van der Waals surface area contributed by atoms with Gasteiger partial charge in [-0.25, -0.2) is 4.79 Å². The van der Waals surface area contributed by atoms with Crippen molar-refractivity contribution in [3.05, 3.63) is 80.1 Å². The van der Waals surface area contributed by atoms with Crippen molar-refractivity contribution in [1.29, 1.82) is 0 Å². The summed E-state index contributed by atoms with van der Waals surface area (Å²) in [6.45, 7) is 1.95. The van der Waals surface area contributed by atoms with Crippen LogP contribution in [0.25, 0.3) is 10.8 Å². The van der Waals surface area contributed by atoms with E-state index in [1.165, 1.54) is 0 Å². The minimum absolute atomic E-state index is 0.268. The molecule has 3 rings (SSSR count). The molecule has 1 aromatic heterocycles. The summed E-state index contributed by atoms with van der Waals surface area (Å²) >= 11 is 1.56. The number of nitrogens with zero attached hydrogens (tertiary/aromatic N) is 1. The summed E-state index contributed by atoms with van der Waals surface area (Å²) in [4.78, 5) is 26.9. The molecule has 1 heterocycles. The van der Waals surface area contributed by atoms with Gasteiger partial charge in [0.15, 0.2) is 0 Å². The van der Waals surface area contributed by atoms with Gasteiger partial charge < -0.3 is 0 Å².